The van der Waals surface area contributed by atoms with Gasteiger partial charge in [-0.15, -0.1) is 0 Å². The maximum Gasteiger partial charge on any atom is 0.0720 e. The highest BCUT2D eigenvalue weighted by Crippen LogP contribution is 2.48. The SMILES string of the molecule is CCCC1CC1(O)Cc1ccc(Br)cc1. The van der Waals surface area contributed by atoms with E-state index >= 15 is 0 Å². The molecule has 1 aliphatic rings. The van der Waals surface area contributed by atoms with Crippen LogP contribution in [0.5, 0.6) is 0 Å². The van der Waals surface area contributed by atoms with E-state index < -0.39 is 5.60 Å². The molecule has 0 aliphatic heterocycles. The summed E-state index contributed by atoms with van der Waals surface area (Å²) in [6.45, 7) is 2.18. The molecular formula is C13H17BrO. The van der Waals surface area contributed by atoms with Crippen LogP contribution in [-0.2, 0) is 6.42 Å². The third-order valence-corrected chi connectivity index (χ3v) is 3.79. The van der Waals surface area contributed by atoms with Gasteiger partial charge >= 0.3 is 0 Å². The number of halogens is 1. The zero-order chi connectivity index (χ0) is 10.9. The average Bonchev–Trinajstić information content (AvgIpc) is 2.82. The van der Waals surface area contributed by atoms with Crippen LogP contribution in [-0.4, -0.2) is 10.7 Å². The molecular weight excluding hydrogens is 252 g/mol. The van der Waals surface area contributed by atoms with Crippen molar-refractivity contribution in [3.05, 3.63) is 34.3 Å². The Morgan fingerprint density at radius 3 is 2.67 bits per heavy atom. The Balaban J connectivity index is 1.95. The summed E-state index contributed by atoms with van der Waals surface area (Å²) in [4.78, 5) is 0. The first-order chi connectivity index (χ1) is 7.14. The minimum Gasteiger partial charge on any atom is -0.389 e. The van der Waals surface area contributed by atoms with Crippen molar-refractivity contribution in [2.75, 3.05) is 0 Å². The van der Waals surface area contributed by atoms with Gasteiger partial charge in [-0.1, -0.05) is 41.4 Å². The summed E-state index contributed by atoms with van der Waals surface area (Å²) in [5.41, 5.74) is 0.836. The van der Waals surface area contributed by atoms with Crippen molar-refractivity contribution in [1.82, 2.24) is 0 Å². The molecule has 1 fully saturated rings. The van der Waals surface area contributed by atoms with Gasteiger partial charge in [-0.05, 0) is 36.5 Å². The number of aliphatic hydroxyl groups is 1. The van der Waals surface area contributed by atoms with Gasteiger partial charge in [0.15, 0.2) is 0 Å². The van der Waals surface area contributed by atoms with Crippen molar-refractivity contribution < 1.29 is 5.11 Å². The molecule has 1 aliphatic carbocycles. The van der Waals surface area contributed by atoms with Gasteiger partial charge in [0, 0.05) is 10.9 Å². The molecule has 2 heteroatoms. The molecule has 0 radical (unpaired) electrons. The van der Waals surface area contributed by atoms with Crippen LogP contribution in [0.3, 0.4) is 0 Å². The summed E-state index contributed by atoms with van der Waals surface area (Å²) in [6, 6.07) is 8.25. The van der Waals surface area contributed by atoms with Crippen LogP contribution in [0.4, 0.5) is 0 Å². The van der Waals surface area contributed by atoms with Gasteiger partial charge in [-0.2, -0.15) is 0 Å². The minimum absolute atomic E-state index is 0.399. The second-order valence-corrected chi connectivity index (χ2v) is 5.51. The molecule has 2 unspecified atom stereocenters. The summed E-state index contributed by atoms with van der Waals surface area (Å²) >= 11 is 3.41. The number of hydrogen-bond donors (Lipinski definition) is 1. The molecule has 1 saturated carbocycles. The predicted octanol–water partition coefficient (Wildman–Crippen LogP) is 3.54. The summed E-state index contributed by atoms with van der Waals surface area (Å²) in [5.74, 6) is 0.533. The highest BCUT2D eigenvalue weighted by atomic mass is 79.9. The topological polar surface area (TPSA) is 20.2 Å². The Morgan fingerprint density at radius 1 is 1.40 bits per heavy atom. The number of benzene rings is 1. The zero-order valence-corrected chi connectivity index (χ0v) is 10.6. The van der Waals surface area contributed by atoms with Gasteiger partial charge in [0.05, 0.1) is 5.60 Å². The molecule has 0 heterocycles. The van der Waals surface area contributed by atoms with Gasteiger partial charge in [-0.3, -0.25) is 0 Å². The second-order valence-electron chi connectivity index (χ2n) is 4.60. The molecule has 1 aromatic carbocycles. The molecule has 0 bridgehead atoms. The summed E-state index contributed by atoms with van der Waals surface area (Å²) < 4.78 is 1.10. The fraction of sp³-hybridized carbons (Fsp3) is 0.538. The third kappa shape index (κ3) is 2.61. The monoisotopic (exact) mass is 268 g/mol. The van der Waals surface area contributed by atoms with Gasteiger partial charge in [0.1, 0.15) is 0 Å². The van der Waals surface area contributed by atoms with Crippen molar-refractivity contribution in [3.63, 3.8) is 0 Å². The molecule has 2 atom stereocenters. The van der Waals surface area contributed by atoms with Crippen molar-refractivity contribution in [1.29, 1.82) is 0 Å². The Kier molecular flexibility index (Phi) is 3.17. The Bertz CT molecular complexity index is 333. The highest BCUT2D eigenvalue weighted by Gasteiger charge is 2.51. The van der Waals surface area contributed by atoms with Gasteiger partial charge in [0.2, 0.25) is 0 Å². The van der Waals surface area contributed by atoms with Crippen LogP contribution < -0.4 is 0 Å². The lowest BCUT2D eigenvalue weighted by molar-refractivity contribution is 0.129. The van der Waals surface area contributed by atoms with E-state index in [1.807, 2.05) is 12.1 Å². The third-order valence-electron chi connectivity index (χ3n) is 3.26. The maximum absolute atomic E-state index is 10.2. The summed E-state index contributed by atoms with van der Waals surface area (Å²) in [5, 5.41) is 10.2. The van der Waals surface area contributed by atoms with Crippen LogP contribution >= 0.6 is 15.9 Å². The van der Waals surface area contributed by atoms with Crippen LogP contribution in [0.2, 0.25) is 0 Å². The molecule has 0 amide bonds. The van der Waals surface area contributed by atoms with E-state index in [1.165, 1.54) is 12.0 Å². The molecule has 0 aromatic heterocycles. The van der Waals surface area contributed by atoms with E-state index in [4.69, 9.17) is 0 Å². The molecule has 1 aromatic rings. The Morgan fingerprint density at radius 2 is 2.07 bits per heavy atom. The Hall–Kier alpha value is -0.340. The van der Waals surface area contributed by atoms with Crippen molar-refractivity contribution >= 4 is 15.9 Å². The molecule has 0 saturated heterocycles. The fourth-order valence-electron chi connectivity index (χ4n) is 2.26. The molecule has 1 nitrogen and oxygen atoms in total. The quantitative estimate of drug-likeness (QED) is 0.886. The predicted molar refractivity (Wildman–Crippen MR) is 65.8 cm³/mol. The smallest absolute Gasteiger partial charge is 0.0720 e. The Labute approximate surface area is 99.6 Å². The largest absolute Gasteiger partial charge is 0.389 e. The first kappa shape index (κ1) is 11.2. The van der Waals surface area contributed by atoms with Crippen molar-refractivity contribution in [3.8, 4) is 0 Å². The standard InChI is InChI=1S/C13H17BrO/c1-2-3-11-9-13(11,15)8-10-4-6-12(14)7-5-10/h4-7,11,15H,2-3,8-9H2,1H3. The number of hydrogen-bond acceptors (Lipinski definition) is 1. The highest BCUT2D eigenvalue weighted by molar-refractivity contribution is 9.10. The lowest BCUT2D eigenvalue weighted by atomic mass is 10.0. The lowest BCUT2D eigenvalue weighted by Crippen LogP contribution is -2.14. The van der Waals surface area contributed by atoms with Crippen molar-refractivity contribution in [2.45, 2.75) is 38.2 Å². The van der Waals surface area contributed by atoms with E-state index in [1.54, 1.807) is 0 Å². The first-order valence-electron chi connectivity index (χ1n) is 5.61. The van der Waals surface area contributed by atoms with Crippen LogP contribution in [0.1, 0.15) is 31.7 Å². The molecule has 1 N–H and O–H groups in total. The number of rotatable bonds is 4. The lowest BCUT2D eigenvalue weighted by Gasteiger charge is -2.10. The molecule has 2 rings (SSSR count). The summed E-state index contributed by atoms with van der Waals surface area (Å²) in [6.07, 6.45) is 4.13. The van der Waals surface area contributed by atoms with E-state index in [0.29, 0.717) is 5.92 Å². The van der Waals surface area contributed by atoms with Crippen molar-refractivity contribution in [2.24, 2.45) is 5.92 Å². The molecule has 0 spiro atoms. The zero-order valence-electron chi connectivity index (χ0n) is 9.04. The minimum atomic E-state index is -0.399. The van der Waals surface area contributed by atoms with E-state index in [2.05, 4.69) is 35.0 Å². The van der Waals surface area contributed by atoms with Gasteiger partial charge in [0.25, 0.3) is 0 Å². The van der Waals surface area contributed by atoms with E-state index in [9.17, 15) is 5.11 Å². The summed E-state index contributed by atoms with van der Waals surface area (Å²) in [7, 11) is 0. The van der Waals surface area contributed by atoms with Crippen LogP contribution in [0, 0.1) is 5.92 Å². The van der Waals surface area contributed by atoms with Crippen LogP contribution in [0.15, 0.2) is 28.7 Å². The molecule has 82 valence electrons. The molecule has 15 heavy (non-hydrogen) atoms. The fourth-order valence-corrected chi connectivity index (χ4v) is 2.52. The van der Waals surface area contributed by atoms with Gasteiger partial charge in [-0.25, -0.2) is 0 Å². The van der Waals surface area contributed by atoms with E-state index in [-0.39, 0.29) is 0 Å². The average molecular weight is 269 g/mol. The van der Waals surface area contributed by atoms with Crippen LogP contribution in [0.25, 0.3) is 0 Å². The van der Waals surface area contributed by atoms with E-state index in [0.717, 1.165) is 23.7 Å². The maximum atomic E-state index is 10.2. The first-order valence-corrected chi connectivity index (χ1v) is 6.40. The second kappa shape index (κ2) is 4.26. The van der Waals surface area contributed by atoms with Gasteiger partial charge < -0.3 is 5.11 Å². The normalized spacial score (nSPS) is 29.1.